The van der Waals surface area contributed by atoms with Gasteiger partial charge in [-0.3, -0.25) is 4.79 Å². The zero-order valence-corrected chi connectivity index (χ0v) is 19.2. The number of hydrogen-bond acceptors (Lipinski definition) is 4. The minimum absolute atomic E-state index is 0.0418. The molecule has 1 atom stereocenters. The molecular weight excluding hydrogens is 452 g/mol. The molecule has 1 fully saturated rings. The van der Waals surface area contributed by atoms with Crippen molar-refractivity contribution in [3.05, 3.63) is 87.6 Å². The topological polar surface area (TPSA) is 66.5 Å². The maximum atomic E-state index is 13.1. The summed E-state index contributed by atoms with van der Waals surface area (Å²) in [6.07, 6.45) is 0.966. The van der Waals surface area contributed by atoms with Crippen molar-refractivity contribution in [3.63, 3.8) is 0 Å². The fourth-order valence-electron chi connectivity index (χ4n) is 3.84. The number of halogens is 1. The molecule has 1 amide bonds. The molecule has 2 heterocycles. The van der Waals surface area contributed by atoms with Gasteiger partial charge in [-0.15, -0.1) is 0 Å². The summed E-state index contributed by atoms with van der Waals surface area (Å²) < 4.78 is 27.2. The van der Waals surface area contributed by atoms with Crippen LogP contribution in [-0.4, -0.2) is 31.7 Å². The summed E-state index contributed by atoms with van der Waals surface area (Å²) in [5.41, 5.74) is 2.07. The van der Waals surface area contributed by atoms with Crippen molar-refractivity contribution < 1.29 is 13.2 Å². The largest absolute Gasteiger partial charge is 0.345 e. The number of nitrogens with zero attached hydrogens (tertiary/aromatic N) is 1. The Morgan fingerprint density at radius 1 is 1.03 bits per heavy atom. The summed E-state index contributed by atoms with van der Waals surface area (Å²) in [5, 5.41) is 7.60. The van der Waals surface area contributed by atoms with Crippen LogP contribution in [0.2, 0.25) is 5.02 Å². The SMILES string of the molecule is O=C(NC(c1ccccc1)c1ccsc1)C1CCN(S(=O)(=O)c2cccc(Cl)c2)CC1. The number of hydrogen-bond donors (Lipinski definition) is 1. The van der Waals surface area contributed by atoms with E-state index in [0.717, 1.165) is 11.1 Å². The predicted molar refractivity (Wildman–Crippen MR) is 124 cm³/mol. The second-order valence-corrected chi connectivity index (χ2v) is 10.7. The predicted octanol–water partition coefficient (Wildman–Crippen LogP) is 4.71. The van der Waals surface area contributed by atoms with Crippen LogP contribution in [0.25, 0.3) is 0 Å². The molecule has 1 saturated heterocycles. The second kappa shape index (κ2) is 9.53. The Morgan fingerprint density at radius 3 is 2.42 bits per heavy atom. The minimum atomic E-state index is -3.62. The summed E-state index contributed by atoms with van der Waals surface area (Å²) >= 11 is 7.55. The van der Waals surface area contributed by atoms with Crippen LogP contribution in [0.4, 0.5) is 0 Å². The molecule has 31 heavy (non-hydrogen) atoms. The van der Waals surface area contributed by atoms with Crippen molar-refractivity contribution in [1.29, 1.82) is 0 Å². The molecule has 2 aromatic carbocycles. The van der Waals surface area contributed by atoms with E-state index in [9.17, 15) is 13.2 Å². The van der Waals surface area contributed by atoms with Gasteiger partial charge in [0.1, 0.15) is 0 Å². The van der Waals surface area contributed by atoms with E-state index in [1.54, 1.807) is 29.5 Å². The molecule has 0 bridgehead atoms. The van der Waals surface area contributed by atoms with Crippen molar-refractivity contribution >= 4 is 38.9 Å². The van der Waals surface area contributed by atoms with E-state index in [4.69, 9.17) is 11.6 Å². The zero-order chi connectivity index (χ0) is 21.8. The normalized spacial score (nSPS) is 16.7. The van der Waals surface area contributed by atoms with Gasteiger partial charge in [0, 0.05) is 24.0 Å². The van der Waals surface area contributed by atoms with Gasteiger partial charge in [0.05, 0.1) is 10.9 Å². The van der Waals surface area contributed by atoms with Gasteiger partial charge in [-0.25, -0.2) is 8.42 Å². The van der Waals surface area contributed by atoms with Gasteiger partial charge >= 0.3 is 0 Å². The first-order valence-corrected chi connectivity index (χ1v) is 12.8. The number of benzene rings is 2. The summed E-state index contributed by atoms with van der Waals surface area (Å²) in [7, 11) is -3.62. The molecule has 0 aliphatic carbocycles. The third kappa shape index (κ3) is 5.01. The number of piperidine rings is 1. The van der Waals surface area contributed by atoms with E-state index in [-0.39, 0.29) is 22.8 Å². The maximum absolute atomic E-state index is 13.1. The zero-order valence-electron chi connectivity index (χ0n) is 16.8. The molecule has 1 aliphatic heterocycles. The van der Waals surface area contributed by atoms with E-state index in [1.807, 2.05) is 47.2 Å². The lowest BCUT2D eigenvalue weighted by Gasteiger charge is -2.31. The Labute approximate surface area is 191 Å². The highest BCUT2D eigenvalue weighted by Gasteiger charge is 2.33. The van der Waals surface area contributed by atoms with E-state index in [1.165, 1.54) is 10.4 Å². The highest BCUT2D eigenvalue weighted by atomic mass is 35.5. The first kappa shape index (κ1) is 22.0. The molecule has 8 heteroatoms. The number of carbonyl (C=O) groups is 1. The number of nitrogens with one attached hydrogen (secondary N) is 1. The quantitative estimate of drug-likeness (QED) is 0.562. The second-order valence-electron chi connectivity index (χ2n) is 7.54. The van der Waals surface area contributed by atoms with E-state index in [0.29, 0.717) is 31.0 Å². The summed E-state index contributed by atoms with van der Waals surface area (Å²) in [5.74, 6) is -0.268. The van der Waals surface area contributed by atoms with Crippen LogP contribution < -0.4 is 5.32 Å². The summed E-state index contributed by atoms with van der Waals surface area (Å²) in [6.45, 7) is 0.614. The van der Waals surface area contributed by atoms with Gasteiger partial charge in [-0.2, -0.15) is 15.6 Å². The Bertz CT molecular complexity index is 1130. The minimum Gasteiger partial charge on any atom is -0.345 e. The number of amides is 1. The van der Waals surface area contributed by atoms with Gasteiger partial charge in [0.2, 0.25) is 15.9 Å². The molecule has 1 N–H and O–H groups in total. The fraction of sp³-hybridized carbons (Fsp3) is 0.261. The van der Waals surface area contributed by atoms with Crippen LogP contribution in [0, 0.1) is 5.92 Å². The third-order valence-electron chi connectivity index (χ3n) is 5.55. The molecule has 0 spiro atoms. The van der Waals surface area contributed by atoms with Gasteiger partial charge in [0.15, 0.2) is 0 Å². The Kier molecular flexibility index (Phi) is 6.77. The van der Waals surface area contributed by atoms with Gasteiger partial charge in [0.25, 0.3) is 0 Å². The number of carbonyl (C=O) groups excluding carboxylic acids is 1. The maximum Gasteiger partial charge on any atom is 0.243 e. The monoisotopic (exact) mass is 474 g/mol. The Balaban J connectivity index is 1.43. The van der Waals surface area contributed by atoms with Crippen molar-refractivity contribution in [1.82, 2.24) is 9.62 Å². The van der Waals surface area contributed by atoms with Gasteiger partial charge in [-0.05, 0) is 59.0 Å². The average Bonchev–Trinajstić information content (AvgIpc) is 3.32. The van der Waals surface area contributed by atoms with E-state index < -0.39 is 10.0 Å². The first-order valence-electron chi connectivity index (χ1n) is 10.1. The molecular formula is C23H23ClN2O3S2. The lowest BCUT2D eigenvalue weighted by atomic mass is 9.95. The van der Waals surface area contributed by atoms with Crippen LogP contribution in [0.5, 0.6) is 0 Å². The lowest BCUT2D eigenvalue weighted by molar-refractivity contribution is -0.126. The van der Waals surface area contributed by atoms with Crippen molar-refractivity contribution in [2.24, 2.45) is 5.92 Å². The van der Waals surface area contributed by atoms with E-state index in [2.05, 4.69) is 5.32 Å². The van der Waals surface area contributed by atoms with Gasteiger partial charge < -0.3 is 5.32 Å². The van der Waals surface area contributed by atoms with Crippen LogP contribution in [0.15, 0.2) is 76.3 Å². The van der Waals surface area contributed by atoms with Crippen molar-refractivity contribution in [3.8, 4) is 0 Å². The average molecular weight is 475 g/mol. The highest BCUT2D eigenvalue weighted by Crippen LogP contribution is 2.28. The molecule has 162 valence electrons. The van der Waals surface area contributed by atoms with Crippen LogP contribution in [-0.2, 0) is 14.8 Å². The van der Waals surface area contributed by atoms with Gasteiger partial charge in [-0.1, -0.05) is 48.0 Å². The third-order valence-corrected chi connectivity index (χ3v) is 8.39. The molecule has 1 unspecified atom stereocenters. The van der Waals surface area contributed by atoms with Crippen molar-refractivity contribution in [2.75, 3.05) is 13.1 Å². The fourth-order valence-corrected chi connectivity index (χ4v) is 6.30. The van der Waals surface area contributed by atoms with E-state index >= 15 is 0 Å². The van der Waals surface area contributed by atoms with Crippen LogP contribution >= 0.6 is 22.9 Å². The number of rotatable bonds is 6. The molecule has 4 rings (SSSR count). The molecule has 1 aromatic heterocycles. The lowest BCUT2D eigenvalue weighted by Crippen LogP contribution is -2.43. The number of sulfonamides is 1. The molecule has 0 radical (unpaired) electrons. The standard InChI is InChI=1S/C23H23ClN2O3S2/c24-20-7-4-8-21(15-20)31(28,29)26-12-9-18(10-13-26)23(27)25-22(19-11-14-30-16-19)17-5-2-1-3-6-17/h1-8,11,14-16,18,22H,9-10,12-13H2,(H,25,27). The Morgan fingerprint density at radius 2 is 1.77 bits per heavy atom. The molecule has 5 nitrogen and oxygen atoms in total. The highest BCUT2D eigenvalue weighted by molar-refractivity contribution is 7.89. The summed E-state index contributed by atoms with van der Waals surface area (Å²) in [4.78, 5) is 13.2. The molecule has 1 aliphatic rings. The molecule has 3 aromatic rings. The van der Waals surface area contributed by atoms with Crippen LogP contribution in [0.1, 0.15) is 30.0 Å². The van der Waals surface area contributed by atoms with Crippen molar-refractivity contribution in [2.45, 2.75) is 23.8 Å². The Hall–Kier alpha value is -2.19. The summed E-state index contributed by atoms with van der Waals surface area (Å²) in [6, 6.07) is 18.0. The smallest absolute Gasteiger partial charge is 0.243 e. The number of thiophene rings is 1. The van der Waals surface area contributed by atoms with Crippen LogP contribution in [0.3, 0.4) is 0 Å². The first-order chi connectivity index (χ1) is 14.9. The molecule has 0 saturated carbocycles.